The molecule has 7 nitrogen and oxygen atoms in total. The Balaban J connectivity index is 1.44. The Labute approximate surface area is 178 Å². The quantitative estimate of drug-likeness (QED) is 0.288. The van der Waals surface area contributed by atoms with Gasteiger partial charge in [0.1, 0.15) is 18.2 Å². The van der Waals surface area contributed by atoms with Gasteiger partial charge in [-0.2, -0.15) is 0 Å². The molecule has 2 heterocycles. The van der Waals surface area contributed by atoms with Crippen LogP contribution in [-0.2, 0) is 24.4 Å². The van der Waals surface area contributed by atoms with E-state index in [9.17, 15) is 0 Å². The number of ether oxygens (including phenoxy) is 1. The van der Waals surface area contributed by atoms with Crippen molar-refractivity contribution < 1.29 is 9.15 Å². The van der Waals surface area contributed by atoms with E-state index in [4.69, 9.17) is 14.1 Å². The molecule has 0 aliphatic rings. The lowest BCUT2D eigenvalue weighted by atomic mass is 10.1. The Morgan fingerprint density at radius 3 is 2.87 bits per heavy atom. The Bertz CT molecular complexity index is 902. The average Bonchev–Trinajstić information content (AvgIpc) is 3.41. The maximum absolute atomic E-state index is 5.61. The van der Waals surface area contributed by atoms with Gasteiger partial charge in [-0.3, -0.25) is 0 Å². The van der Waals surface area contributed by atoms with Crippen LogP contribution in [0.1, 0.15) is 36.1 Å². The van der Waals surface area contributed by atoms with E-state index in [0.717, 1.165) is 43.6 Å². The third kappa shape index (κ3) is 7.08. The first kappa shape index (κ1) is 21.6. The number of aromatic nitrogens is 2. The van der Waals surface area contributed by atoms with Crippen molar-refractivity contribution in [1.29, 1.82) is 0 Å². The molecule has 0 aliphatic carbocycles. The van der Waals surface area contributed by atoms with Crippen molar-refractivity contribution in [2.75, 3.05) is 19.7 Å². The Hall–Kier alpha value is -3.06. The number of nitrogens with zero attached hydrogens (tertiary/aromatic N) is 3. The van der Waals surface area contributed by atoms with Gasteiger partial charge in [-0.1, -0.05) is 24.3 Å². The summed E-state index contributed by atoms with van der Waals surface area (Å²) >= 11 is 0. The standard InChI is InChI=1S/C23H31N5O2/c1-3-24-23(26-10-6-13-29-18-22-9-5-14-30-22)27-16-20-7-4-8-21(15-20)17-28-12-11-25-19(28)2/h4-5,7-9,11-12,14-15H,3,6,10,13,16-18H2,1-2H3,(H2,24,26,27). The molecular weight excluding hydrogens is 378 g/mol. The molecule has 0 unspecified atom stereocenters. The summed E-state index contributed by atoms with van der Waals surface area (Å²) in [5.74, 6) is 2.69. The fourth-order valence-corrected chi connectivity index (χ4v) is 3.05. The van der Waals surface area contributed by atoms with Crippen molar-refractivity contribution in [3.05, 3.63) is 77.8 Å². The van der Waals surface area contributed by atoms with Crippen LogP contribution in [0, 0.1) is 6.92 Å². The minimum Gasteiger partial charge on any atom is -0.467 e. The van der Waals surface area contributed by atoms with Crippen LogP contribution in [0.5, 0.6) is 0 Å². The third-order valence-electron chi connectivity index (χ3n) is 4.61. The zero-order valence-electron chi connectivity index (χ0n) is 17.8. The predicted molar refractivity (Wildman–Crippen MR) is 118 cm³/mol. The topological polar surface area (TPSA) is 76.6 Å². The van der Waals surface area contributed by atoms with Gasteiger partial charge in [0, 0.05) is 38.6 Å². The molecule has 160 valence electrons. The van der Waals surface area contributed by atoms with Crippen LogP contribution in [0.3, 0.4) is 0 Å². The molecule has 1 aromatic carbocycles. The number of aliphatic imine (C=N–C) groups is 1. The van der Waals surface area contributed by atoms with Crippen LogP contribution in [-0.4, -0.2) is 35.2 Å². The molecule has 0 saturated heterocycles. The molecule has 0 radical (unpaired) electrons. The summed E-state index contributed by atoms with van der Waals surface area (Å²) in [6, 6.07) is 12.3. The van der Waals surface area contributed by atoms with Gasteiger partial charge in [-0.05, 0) is 43.5 Å². The molecule has 7 heteroatoms. The minimum atomic E-state index is 0.510. The van der Waals surface area contributed by atoms with Crippen LogP contribution < -0.4 is 10.6 Å². The molecule has 0 amide bonds. The Kier molecular flexibility index (Phi) is 8.53. The van der Waals surface area contributed by atoms with Crippen molar-refractivity contribution >= 4 is 5.96 Å². The van der Waals surface area contributed by atoms with Gasteiger partial charge in [0.05, 0.1) is 12.8 Å². The molecular formula is C23H31N5O2. The summed E-state index contributed by atoms with van der Waals surface area (Å²) in [5, 5.41) is 6.66. The van der Waals surface area contributed by atoms with Gasteiger partial charge in [0.15, 0.2) is 5.96 Å². The van der Waals surface area contributed by atoms with E-state index in [1.807, 2.05) is 31.5 Å². The van der Waals surface area contributed by atoms with Gasteiger partial charge < -0.3 is 24.4 Å². The van der Waals surface area contributed by atoms with Gasteiger partial charge in [0.25, 0.3) is 0 Å². The van der Waals surface area contributed by atoms with Gasteiger partial charge in [-0.25, -0.2) is 9.98 Å². The van der Waals surface area contributed by atoms with Crippen LogP contribution in [0.4, 0.5) is 0 Å². The highest BCUT2D eigenvalue weighted by atomic mass is 16.5. The monoisotopic (exact) mass is 409 g/mol. The van der Waals surface area contributed by atoms with Crippen molar-refractivity contribution in [1.82, 2.24) is 20.2 Å². The molecule has 3 aromatic rings. The highest BCUT2D eigenvalue weighted by Crippen LogP contribution is 2.10. The minimum absolute atomic E-state index is 0.510. The molecule has 0 fully saturated rings. The second-order valence-corrected chi connectivity index (χ2v) is 7.03. The number of furan rings is 1. The molecule has 0 saturated carbocycles. The fraction of sp³-hybridized carbons (Fsp3) is 0.391. The molecule has 0 aliphatic heterocycles. The van der Waals surface area contributed by atoms with Crippen molar-refractivity contribution in [2.24, 2.45) is 4.99 Å². The zero-order chi connectivity index (χ0) is 21.0. The normalized spacial score (nSPS) is 11.6. The lowest BCUT2D eigenvalue weighted by molar-refractivity contribution is 0.105. The van der Waals surface area contributed by atoms with E-state index in [1.54, 1.807) is 6.26 Å². The van der Waals surface area contributed by atoms with E-state index in [2.05, 4.69) is 51.4 Å². The number of hydrogen-bond acceptors (Lipinski definition) is 4. The molecule has 3 rings (SSSR count). The van der Waals surface area contributed by atoms with Crippen molar-refractivity contribution in [3.63, 3.8) is 0 Å². The van der Waals surface area contributed by atoms with Crippen molar-refractivity contribution in [3.8, 4) is 0 Å². The number of nitrogens with one attached hydrogen (secondary N) is 2. The van der Waals surface area contributed by atoms with E-state index in [1.165, 1.54) is 11.1 Å². The first-order valence-corrected chi connectivity index (χ1v) is 10.4. The maximum atomic E-state index is 5.61. The average molecular weight is 410 g/mol. The van der Waals surface area contributed by atoms with Crippen LogP contribution >= 0.6 is 0 Å². The number of aryl methyl sites for hydroxylation is 1. The molecule has 2 aromatic heterocycles. The summed E-state index contributed by atoms with van der Waals surface area (Å²) in [7, 11) is 0. The lowest BCUT2D eigenvalue weighted by Crippen LogP contribution is -2.38. The summed E-state index contributed by atoms with van der Waals surface area (Å²) in [4.78, 5) is 9.00. The summed E-state index contributed by atoms with van der Waals surface area (Å²) in [5.41, 5.74) is 2.43. The van der Waals surface area contributed by atoms with Gasteiger partial charge >= 0.3 is 0 Å². The summed E-state index contributed by atoms with van der Waals surface area (Å²) < 4.78 is 13.0. The number of rotatable bonds is 11. The molecule has 30 heavy (non-hydrogen) atoms. The number of benzene rings is 1. The Morgan fingerprint density at radius 1 is 1.20 bits per heavy atom. The predicted octanol–water partition coefficient (Wildman–Crippen LogP) is 3.49. The third-order valence-corrected chi connectivity index (χ3v) is 4.61. The first-order chi connectivity index (χ1) is 14.7. The van der Waals surface area contributed by atoms with E-state index in [-0.39, 0.29) is 0 Å². The molecule has 0 bridgehead atoms. The fourth-order valence-electron chi connectivity index (χ4n) is 3.05. The highest BCUT2D eigenvalue weighted by Gasteiger charge is 2.02. The molecule has 0 atom stereocenters. The maximum Gasteiger partial charge on any atom is 0.191 e. The lowest BCUT2D eigenvalue weighted by Gasteiger charge is -2.12. The second-order valence-electron chi connectivity index (χ2n) is 7.03. The zero-order valence-corrected chi connectivity index (χ0v) is 17.8. The SMILES string of the molecule is CCNC(=NCc1cccc(Cn2ccnc2C)c1)NCCCOCc1ccco1. The smallest absolute Gasteiger partial charge is 0.191 e. The van der Waals surface area contributed by atoms with Crippen LogP contribution in [0.15, 0.2) is 64.5 Å². The summed E-state index contributed by atoms with van der Waals surface area (Å²) in [6.45, 7) is 8.33. The number of imidazole rings is 1. The van der Waals surface area contributed by atoms with E-state index < -0.39 is 0 Å². The second kappa shape index (κ2) is 11.8. The first-order valence-electron chi connectivity index (χ1n) is 10.4. The molecule has 2 N–H and O–H groups in total. The van der Waals surface area contributed by atoms with Crippen LogP contribution in [0.25, 0.3) is 0 Å². The highest BCUT2D eigenvalue weighted by molar-refractivity contribution is 5.79. The van der Waals surface area contributed by atoms with Crippen LogP contribution in [0.2, 0.25) is 0 Å². The Morgan fingerprint density at radius 2 is 2.10 bits per heavy atom. The number of guanidine groups is 1. The van der Waals surface area contributed by atoms with E-state index >= 15 is 0 Å². The summed E-state index contributed by atoms with van der Waals surface area (Å²) in [6.07, 6.45) is 6.39. The molecule has 0 spiro atoms. The van der Waals surface area contributed by atoms with Gasteiger partial charge in [-0.15, -0.1) is 0 Å². The van der Waals surface area contributed by atoms with Crippen molar-refractivity contribution in [2.45, 2.75) is 40.0 Å². The van der Waals surface area contributed by atoms with Gasteiger partial charge in [0.2, 0.25) is 0 Å². The largest absolute Gasteiger partial charge is 0.467 e. The number of hydrogen-bond donors (Lipinski definition) is 2. The van der Waals surface area contributed by atoms with E-state index in [0.29, 0.717) is 19.8 Å².